The van der Waals surface area contributed by atoms with Crippen molar-refractivity contribution in [1.29, 1.82) is 0 Å². The summed E-state index contributed by atoms with van der Waals surface area (Å²) in [5.74, 6) is 0.447. The molecule has 3 aromatic rings. The minimum atomic E-state index is -1.37. The van der Waals surface area contributed by atoms with Gasteiger partial charge in [-0.05, 0) is 63.5 Å². The monoisotopic (exact) mass is 652 g/mol. The van der Waals surface area contributed by atoms with Gasteiger partial charge in [-0.15, -0.1) is 0 Å². The molecule has 0 saturated carbocycles. The van der Waals surface area contributed by atoms with Gasteiger partial charge in [-0.1, -0.05) is 54.6 Å². The highest BCUT2D eigenvalue weighted by atomic mass is 16.8. The predicted molar refractivity (Wildman–Crippen MR) is 171 cm³/mol. The van der Waals surface area contributed by atoms with E-state index < -0.39 is 29.3 Å². The summed E-state index contributed by atoms with van der Waals surface area (Å²) in [6, 6.07) is 20.8. The number of nitro benzene ring substituents is 2. The normalized spacial score (nSPS) is 10.4. The maximum Gasteiger partial charge on any atom is 0.641 e. The summed E-state index contributed by atoms with van der Waals surface area (Å²) in [4.78, 5) is 45.8. The molecule has 250 valence electrons. The van der Waals surface area contributed by atoms with Crippen molar-refractivity contribution in [2.75, 3.05) is 26.4 Å². The zero-order chi connectivity index (χ0) is 33.7. The van der Waals surface area contributed by atoms with E-state index in [1.807, 2.05) is 0 Å². The van der Waals surface area contributed by atoms with Gasteiger partial charge in [0.05, 0.1) is 36.3 Å². The first-order valence-electron chi connectivity index (χ1n) is 15.3. The van der Waals surface area contributed by atoms with Gasteiger partial charge in [-0.3, -0.25) is 20.2 Å². The Hall–Kier alpha value is -5.34. The maximum atomic E-state index is 12.3. The highest BCUT2D eigenvalue weighted by Crippen LogP contribution is 2.27. The molecule has 0 heterocycles. The Kier molecular flexibility index (Phi) is 15.9. The van der Waals surface area contributed by atoms with E-state index >= 15 is 0 Å². The quantitative estimate of drug-likeness (QED) is 0.0388. The average molecular weight is 652 g/mol. The second-order valence-electron chi connectivity index (χ2n) is 10.2. The number of carbonyl (C=O) groups is 2. The van der Waals surface area contributed by atoms with Crippen molar-refractivity contribution in [2.45, 2.75) is 51.4 Å². The van der Waals surface area contributed by atoms with Gasteiger partial charge in [0.15, 0.2) is 11.5 Å². The van der Waals surface area contributed by atoms with Crippen LogP contribution in [0.2, 0.25) is 0 Å². The van der Waals surface area contributed by atoms with Gasteiger partial charge in [0, 0.05) is 17.6 Å². The molecule has 0 N–H and O–H groups in total. The number of rotatable bonds is 21. The maximum absolute atomic E-state index is 12.3. The molecule has 0 aliphatic carbocycles. The van der Waals surface area contributed by atoms with E-state index in [0.29, 0.717) is 44.4 Å². The fourth-order valence-corrected chi connectivity index (χ4v) is 4.26. The van der Waals surface area contributed by atoms with Crippen molar-refractivity contribution in [3.63, 3.8) is 0 Å². The first-order chi connectivity index (χ1) is 22.8. The van der Waals surface area contributed by atoms with Gasteiger partial charge in [-0.2, -0.15) is 0 Å². The molecule has 0 unspecified atom stereocenters. The van der Waals surface area contributed by atoms with Crippen LogP contribution in [0.1, 0.15) is 51.4 Å². The molecular weight excluding hydrogens is 615 g/mol. The molecular formula is C32H37BN2O12. The highest BCUT2D eigenvalue weighted by Gasteiger charge is 2.32. The average Bonchev–Trinajstić information content (AvgIpc) is 3.07. The van der Waals surface area contributed by atoms with Crippen LogP contribution in [0.15, 0.2) is 78.9 Å². The van der Waals surface area contributed by atoms with Crippen molar-refractivity contribution in [2.24, 2.45) is 0 Å². The lowest BCUT2D eigenvalue weighted by Crippen LogP contribution is -2.41. The van der Waals surface area contributed by atoms with Crippen molar-refractivity contribution < 1.29 is 47.7 Å². The van der Waals surface area contributed by atoms with Crippen LogP contribution in [0.4, 0.5) is 21.0 Å². The number of benzene rings is 3. The Morgan fingerprint density at radius 2 is 0.915 bits per heavy atom. The molecule has 3 aromatic carbocycles. The minimum Gasteiger partial charge on any atom is -0.487 e. The number of hydrogen-bond donors (Lipinski definition) is 0. The highest BCUT2D eigenvalue weighted by molar-refractivity contribution is 6.64. The van der Waals surface area contributed by atoms with E-state index in [4.69, 9.17) is 28.3 Å². The van der Waals surface area contributed by atoms with Crippen molar-refractivity contribution in [3.8, 4) is 11.5 Å². The second-order valence-corrected chi connectivity index (χ2v) is 10.2. The van der Waals surface area contributed by atoms with Gasteiger partial charge in [0.25, 0.3) is 0 Å². The molecule has 15 heteroatoms. The first-order valence-corrected chi connectivity index (χ1v) is 15.3. The van der Waals surface area contributed by atoms with Gasteiger partial charge >= 0.3 is 30.8 Å². The smallest absolute Gasteiger partial charge is 0.487 e. The third-order valence-corrected chi connectivity index (χ3v) is 6.63. The van der Waals surface area contributed by atoms with Gasteiger partial charge < -0.3 is 28.3 Å². The molecule has 47 heavy (non-hydrogen) atoms. The molecule has 0 fully saturated rings. The molecule has 0 amide bonds. The van der Waals surface area contributed by atoms with E-state index in [9.17, 15) is 29.8 Å². The Bertz CT molecular complexity index is 1340. The van der Waals surface area contributed by atoms with E-state index in [1.165, 1.54) is 12.1 Å². The third-order valence-electron chi connectivity index (χ3n) is 6.63. The lowest BCUT2D eigenvalue weighted by molar-refractivity contribution is -0.386. The minimum absolute atomic E-state index is 0.0821. The molecule has 0 atom stereocenters. The topological polar surface area (TPSA) is 176 Å². The van der Waals surface area contributed by atoms with Crippen LogP contribution in [-0.4, -0.2) is 55.7 Å². The number of hydrogen-bond acceptors (Lipinski definition) is 12. The van der Waals surface area contributed by atoms with E-state index in [0.717, 1.165) is 25.7 Å². The summed E-state index contributed by atoms with van der Waals surface area (Å²) < 4.78 is 31.8. The number of ether oxygens (including phenoxy) is 4. The summed E-state index contributed by atoms with van der Waals surface area (Å²) >= 11 is 0. The second kappa shape index (κ2) is 20.6. The van der Waals surface area contributed by atoms with Gasteiger partial charge in [0.2, 0.25) is 0 Å². The summed E-state index contributed by atoms with van der Waals surface area (Å²) in [7, 11) is -1.37. The van der Waals surface area contributed by atoms with E-state index in [-0.39, 0.29) is 36.1 Å². The van der Waals surface area contributed by atoms with E-state index in [1.54, 1.807) is 66.7 Å². The van der Waals surface area contributed by atoms with Crippen LogP contribution < -0.4 is 14.9 Å². The SMILES string of the molecule is O=C(OCCCCCCOc1ccccc1[N+](=O)[O-])OB(OC(=O)OCCCCCCOc1ccccc1[N+](=O)[O-])c1ccccc1. The third kappa shape index (κ3) is 13.7. The molecule has 14 nitrogen and oxygen atoms in total. The van der Waals surface area contributed by atoms with Gasteiger partial charge in [0.1, 0.15) is 0 Å². The number of nitro groups is 2. The van der Waals surface area contributed by atoms with Crippen LogP contribution in [0.5, 0.6) is 11.5 Å². The summed E-state index contributed by atoms with van der Waals surface area (Å²) in [6.45, 7) is 0.808. The Morgan fingerprint density at radius 3 is 1.34 bits per heavy atom. The summed E-state index contributed by atoms with van der Waals surface area (Å²) in [6.07, 6.45) is 3.39. The fourth-order valence-electron chi connectivity index (χ4n) is 4.26. The zero-order valence-electron chi connectivity index (χ0n) is 25.9. The molecule has 0 aromatic heterocycles. The molecule has 0 spiro atoms. The number of carbonyl (C=O) groups excluding carboxylic acids is 2. The van der Waals surface area contributed by atoms with Crippen molar-refractivity contribution in [3.05, 3.63) is 99.1 Å². The van der Waals surface area contributed by atoms with Crippen LogP contribution in [-0.2, 0) is 18.8 Å². The Labute approximate surface area is 272 Å². The van der Waals surface area contributed by atoms with Gasteiger partial charge in [-0.25, -0.2) is 9.59 Å². The van der Waals surface area contributed by atoms with Crippen LogP contribution >= 0.6 is 0 Å². The predicted octanol–water partition coefficient (Wildman–Crippen LogP) is 6.78. The largest absolute Gasteiger partial charge is 0.641 e. The molecule has 0 saturated heterocycles. The van der Waals surface area contributed by atoms with Crippen LogP contribution in [0.25, 0.3) is 0 Å². The van der Waals surface area contributed by atoms with Crippen molar-refractivity contribution >= 4 is 36.3 Å². The Morgan fingerprint density at radius 1 is 0.532 bits per heavy atom. The molecule has 0 aliphatic rings. The summed E-state index contributed by atoms with van der Waals surface area (Å²) in [5, 5.41) is 22.1. The summed E-state index contributed by atoms with van der Waals surface area (Å²) in [5.41, 5.74) is 0.251. The Balaban J connectivity index is 1.27. The molecule has 0 bridgehead atoms. The van der Waals surface area contributed by atoms with Crippen LogP contribution in [0.3, 0.4) is 0 Å². The van der Waals surface area contributed by atoms with Crippen molar-refractivity contribution in [1.82, 2.24) is 0 Å². The zero-order valence-corrected chi connectivity index (χ0v) is 25.9. The lowest BCUT2D eigenvalue weighted by atomic mass is 9.79. The number of para-hydroxylation sites is 4. The lowest BCUT2D eigenvalue weighted by Gasteiger charge is -2.14. The number of unbranched alkanes of at least 4 members (excludes halogenated alkanes) is 6. The molecule has 0 aliphatic heterocycles. The molecule has 0 radical (unpaired) electrons. The first kappa shape index (κ1) is 36.1. The molecule has 3 rings (SSSR count). The standard InChI is InChI=1S/C32H37BN2O12/c36-31(44-24-14-3-1-12-22-42-29-20-10-8-18-27(29)34(38)39)46-33(26-16-6-5-7-17-26)47-32(37)45-25-15-4-2-13-23-43-30-21-11-9-19-28(30)35(40)41/h5-11,16-21H,1-4,12-15,22-25H2. The fraction of sp³-hybridized carbons (Fsp3) is 0.375. The van der Waals surface area contributed by atoms with E-state index in [2.05, 4.69) is 0 Å². The van der Waals surface area contributed by atoms with Crippen LogP contribution in [0, 0.1) is 20.2 Å². The number of nitrogens with zero attached hydrogens (tertiary/aromatic N) is 2.